The number of hydrogen-bond acceptors (Lipinski definition) is 4. The van der Waals surface area contributed by atoms with Gasteiger partial charge in [-0.3, -0.25) is 4.79 Å². The standard InChI is InChI=1S/C25H21F8NO4S/c26-17-3-5-18(6-4-17)39(36,37)22-9-10-34(21(35)15-12-38-13-15)20(22)8-1-14-11-16(2-7-19(14)22)23(27,24(28,29)30)25(31,32)33/h2-7,11,15,20H,1,8-10,12-13H2/t20-,22-/m1/s1. The Balaban J connectivity index is 1.69. The van der Waals surface area contributed by atoms with Crippen LogP contribution in [-0.2, 0) is 36.2 Å². The minimum atomic E-state index is -6.34. The Morgan fingerprint density at radius 1 is 0.949 bits per heavy atom. The first kappa shape index (κ1) is 27.8. The largest absolute Gasteiger partial charge is 0.435 e. The Morgan fingerprint density at radius 3 is 2.10 bits per heavy atom. The number of sulfone groups is 1. The van der Waals surface area contributed by atoms with Crippen LogP contribution < -0.4 is 0 Å². The Morgan fingerprint density at radius 2 is 1.56 bits per heavy atom. The van der Waals surface area contributed by atoms with Crippen LogP contribution in [0, 0.1) is 11.7 Å². The minimum absolute atomic E-state index is 0.0558. The zero-order valence-corrected chi connectivity index (χ0v) is 20.8. The normalized spacial score (nSPS) is 24.2. The van der Waals surface area contributed by atoms with Crippen molar-refractivity contribution in [1.29, 1.82) is 0 Å². The lowest BCUT2D eigenvalue weighted by atomic mass is 9.76. The minimum Gasteiger partial charge on any atom is -0.380 e. The Kier molecular flexibility index (Phi) is 6.33. The number of nitrogens with zero attached hydrogens (tertiary/aromatic N) is 1. The highest BCUT2D eigenvalue weighted by molar-refractivity contribution is 7.92. The molecule has 2 saturated heterocycles. The molecule has 5 rings (SSSR count). The lowest BCUT2D eigenvalue weighted by Crippen LogP contribution is -2.55. The summed E-state index contributed by atoms with van der Waals surface area (Å²) < 4.78 is 140. The Labute approximate surface area is 217 Å². The van der Waals surface area contributed by atoms with Gasteiger partial charge in [0, 0.05) is 12.1 Å². The zero-order valence-electron chi connectivity index (χ0n) is 20.0. The predicted molar refractivity (Wildman–Crippen MR) is 119 cm³/mol. The van der Waals surface area contributed by atoms with Gasteiger partial charge in [0.05, 0.1) is 30.1 Å². The first-order valence-corrected chi connectivity index (χ1v) is 13.4. The number of halogens is 8. The number of carbonyl (C=O) groups is 1. The van der Waals surface area contributed by atoms with Gasteiger partial charge < -0.3 is 9.64 Å². The molecule has 1 aliphatic carbocycles. The number of alkyl halides is 7. The van der Waals surface area contributed by atoms with Crippen molar-refractivity contribution in [2.45, 2.75) is 53.0 Å². The van der Waals surface area contributed by atoms with Crippen molar-refractivity contribution in [2.75, 3.05) is 19.8 Å². The lowest BCUT2D eigenvalue weighted by Gasteiger charge is -2.44. The molecule has 2 aliphatic heterocycles. The molecule has 212 valence electrons. The van der Waals surface area contributed by atoms with Crippen LogP contribution in [-0.4, -0.2) is 57.4 Å². The maximum atomic E-state index is 14.8. The summed E-state index contributed by atoms with van der Waals surface area (Å²) in [6.07, 6.45) is -13.2. The van der Waals surface area contributed by atoms with E-state index in [9.17, 15) is 48.3 Å². The third kappa shape index (κ3) is 3.88. The van der Waals surface area contributed by atoms with Crippen LogP contribution >= 0.6 is 0 Å². The van der Waals surface area contributed by atoms with Gasteiger partial charge in [-0.05, 0) is 54.7 Å². The molecular weight excluding hydrogens is 562 g/mol. The number of benzene rings is 2. The van der Waals surface area contributed by atoms with Gasteiger partial charge in [-0.15, -0.1) is 0 Å². The van der Waals surface area contributed by atoms with Crippen molar-refractivity contribution in [2.24, 2.45) is 5.92 Å². The molecule has 0 saturated carbocycles. The average molecular weight is 583 g/mol. The van der Waals surface area contributed by atoms with Gasteiger partial charge >= 0.3 is 18.0 Å². The average Bonchev–Trinajstić information content (AvgIpc) is 3.22. The van der Waals surface area contributed by atoms with E-state index in [4.69, 9.17) is 4.74 Å². The summed E-state index contributed by atoms with van der Waals surface area (Å²) in [5.74, 6) is -1.62. The second-order valence-corrected chi connectivity index (χ2v) is 12.2. The van der Waals surface area contributed by atoms with Crippen LogP contribution in [0.4, 0.5) is 35.1 Å². The molecule has 14 heteroatoms. The highest BCUT2D eigenvalue weighted by atomic mass is 32.2. The molecule has 2 aromatic rings. The van der Waals surface area contributed by atoms with Gasteiger partial charge in [-0.2, -0.15) is 26.3 Å². The van der Waals surface area contributed by atoms with Gasteiger partial charge in [0.15, 0.2) is 9.84 Å². The molecule has 2 aromatic carbocycles. The fraction of sp³-hybridized carbons (Fsp3) is 0.480. The summed E-state index contributed by atoms with van der Waals surface area (Å²) in [6.45, 7) is 0.208. The molecule has 1 amide bonds. The van der Waals surface area contributed by atoms with Crippen molar-refractivity contribution < 1.29 is 53.1 Å². The third-order valence-corrected chi connectivity index (χ3v) is 10.5. The SMILES string of the molecule is O=C(C1COC1)N1CC[C@@]2(S(=O)(=O)c3ccc(F)cc3)c3ccc(C(F)(C(F)(F)F)C(F)(F)F)cc3CC[C@@H]12. The van der Waals surface area contributed by atoms with Crippen LogP contribution in [0.25, 0.3) is 0 Å². The number of amides is 1. The predicted octanol–water partition coefficient (Wildman–Crippen LogP) is 4.98. The van der Waals surface area contributed by atoms with E-state index < -0.39 is 55.9 Å². The smallest absolute Gasteiger partial charge is 0.380 e. The van der Waals surface area contributed by atoms with Crippen LogP contribution in [0.3, 0.4) is 0 Å². The van der Waals surface area contributed by atoms with Crippen molar-refractivity contribution in [3.05, 3.63) is 65.0 Å². The molecule has 0 aromatic heterocycles. The summed E-state index contributed by atoms with van der Waals surface area (Å²) in [6, 6.07) is 4.29. The summed E-state index contributed by atoms with van der Waals surface area (Å²) in [5, 5.41) is 0. The van der Waals surface area contributed by atoms with Gasteiger partial charge in [0.25, 0.3) is 0 Å². The molecule has 39 heavy (non-hydrogen) atoms. The zero-order chi connectivity index (χ0) is 28.6. The quantitative estimate of drug-likeness (QED) is 0.377. The van der Waals surface area contributed by atoms with Crippen LogP contribution in [0.5, 0.6) is 0 Å². The van der Waals surface area contributed by atoms with Gasteiger partial charge in [-0.1, -0.05) is 18.2 Å². The van der Waals surface area contributed by atoms with Crippen molar-refractivity contribution in [3.63, 3.8) is 0 Å². The summed E-state index contributed by atoms with van der Waals surface area (Å²) in [7, 11) is -4.51. The molecule has 2 atom stereocenters. The number of aryl methyl sites for hydroxylation is 1. The molecule has 0 radical (unpaired) electrons. The van der Waals surface area contributed by atoms with Gasteiger partial charge in [-0.25, -0.2) is 17.2 Å². The molecule has 3 aliphatic rings. The first-order chi connectivity index (χ1) is 18.1. The second kappa shape index (κ2) is 8.88. The summed E-state index contributed by atoms with van der Waals surface area (Å²) >= 11 is 0. The molecule has 2 fully saturated rings. The van der Waals surface area contributed by atoms with E-state index in [1.807, 2.05) is 0 Å². The van der Waals surface area contributed by atoms with E-state index in [2.05, 4.69) is 0 Å². The maximum Gasteiger partial charge on any atom is 0.435 e. The number of ether oxygens (including phenoxy) is 1. The second-order valence-electron chi connectivity index (χ2n) is 9.94. The molecule has 0 spiro atoms. The monoisotopic (exact) mass is 583 g/mol. The van der Waals surface area contributed by atoms with E-state index in [1.165, 1.54) is 4.90 Å². The van der Waals surface area contributed by atoms with Crippen LogP contribution in [0.1, 0.15) is 29.5 Å². The fourth-order valence-electron chi connectivity index (χ4n) is 5.93. The summed E-state index contributed by atoms with van der Waals surface area (Å²) in [4.78, 5) is 14.2. The van der Waals surface area contributed by atoms with Crippen molar-refractivity contribution >= 4 is 15.7 Å². The van der Waals surface area contributed by atoms with E-state index in [-0.39, 0.29) is 61.0 Å². The number of carbonyl (C=O) groups excluding carboxylic acids is 1. The summed E-state index contributed by atoms with van der Waals surface area (Å²) in [5.41, 5.74) is -7.71. The third-order valence-electron chi connectivity index (χ3n) is 7.94. The highest BCUT2D eigenvalue weighted by Crippen LogP contribution is 2.56. The van der Waals surface area contributed by atoms with E-state index in [0.717, 1.165) is 30.3 Å². The lowest BCUT2D eigenvalue weighted by molar-refractivity contribution is -0.348. The molecular formula is C25H21F8NO4S. The van der Waals surface area contributed by atoms with Crippen molar-refractivity contribution in [3.8, 4) is 0 Å². The number of rotatable bonds is 4. The number of hydrogen-bond donors (Lipinski definition) is 0. The maximum absolute atomic E-state index is 14.8. The number of fused-ring (bicyclic) bond motifs is 3. The molecule has 0 unspecified atom stereocenters. The van der Waals surface area contributed by atoms with E-state index in [0.29, 0.717) is 12.1 Å². The molecule has 0 N–H and O–H groups in total. The van der Waals surface area contributed by atoms with Gasteiger partial charge in [0.2, 0.25) is 5.91 Å². The van der Waals surface area contributed by atoms with Crippen LogP contribution in [0.15, 0.2) is 47.4 Å². The topological polar surface area (TPSA) is 63.7 Å². The highest BCUT2D eigenvalue weighted by Gasteiger charge is 2.74. The first-order valence-electron chi connectivity index (χ1n) is 11.9. The fourth-order valence-corrected chi connectivity index (χ4v) is 8.30. The molecule has 2 heterocycles. The molecule has 5 nitrogen and oxygen atoms in total. The van der Waals surface area contributed by atoms with Crippen molar-refractivity contribution in [1.82, 2.24) is 4.90 Å². The Hall–Kier alpha value is -2.74. The van der Waals surface area contributed by atoms with E-state index in [1.54, 1.807) is 0 Å². The number of likely N-dealkylation sites (tertiary alicyclic amines) is 1. The molecule has 0 bridgehead atoms. The Bertz CT molecular complexity index is 1390. The van der Waals surface area contributed by atoms with Crippen LogP contribution in [0.2, 0.25) is 0 Å². The van der Waals surface area contributed by atoms with Gasteiger partial charge in [0.1, 0.15) is 10.6 Å². The van der Waals surface area contributed by atoms with E-state index >= 15 is 0 Å².